The van der Waals surface area contributed by atoms with Gasteiger partial charge in [0, 0.05) is 6.07 Å². The minimum absolute atomic E-state index is 0.0668. The summed E-state index contributed by atoms with van der Waals surface area (Å²) in [4.78, 5) is 14.7. The monoisotopic (exact) mass is 396 g/mol. The number of aromatic hydroxyl groups is 1. The van der Waals surface area contributed by atoms with Gasteiger partial charge < -0.3 is 15.7 Å². The largest absolute Gasteiger partial charge is 0.493 e. The summed E-state index contributed by atoms with van der Waals surface area (Å²) in [6.45, 7) is 1.59. The van der Waals surface area contributed by atoms with Crippen LogP contribution in [0.1, 0.15) is 13.8 Å². The molecule has 0 aliphatic rings. The van der Waals surface area contributed by atoms with E-state index in [9.17, 15) is 31.4 Å². The van der Waals surface area contributed by atoms with Crippen molar-refractivity contribution in [1.29, 1.82) is 0 Å². The number of alkyl halides is 6. The predicted octanol–water partition coefficient (Wildman–Crippen LogP) is 3.36. The molecular weight excluding hydrogens is 382 g/mol. The van der Waals surface area contributed by atoms with Crippen molar-refractivity contribution in [3.05, 3.63) is 18.2 Å². The lowest BCUT2D eigenvalue weighted by Gasteiger charge is -2.20. The molecule has 0 amide bonds. The highest BCUT2D eigenvalue weighted by atomic mass is 19.4. The smallest absolute Gasteiger partial charge is 0.408 e. The van der Waals surface area contributed by atoms with Crippen molar-refractivity contribution >= 4 is 11.9 Å². The van der Waals surface area contributed by atoms with Crippen LogP contribution in [0.3, 0.4) is 0 Å². The molecule has 0 aromatic carbocycles. The Kier molecular flexibility index (Phi) is 5.61. The van der Waals surface area contributed by atoms with Crippen molar-refractivity contribution in [1.82, 2.24) is 19.9 Å². The fourth-order valence-electron chi connectivity index (χ4n) is 1.72. The van der Waals surface area contributed by atoms with E-state index >= 15 is 0 Å². The topological polar surface area (TPSA) is 95.9 Å². The highest BCUT2D eigenvalue weighted by molar-refractivity contribution is 5.54. The number of nitrogens with one attached hydrogen (secondary N) is 2. The molecule has 0 aliphatic heterocycles. The van der Waals surface area contributed by atoms with Crippen LogP contribution in [0.2, 0.25) is 0 Å². The molecule has 2 aromatic heterocycles. The van der Waals surface area contributed by atoms with Gasteiger partial charge in [0.2, 0.25) is 17.8 Å². The van der Waals surface area contributed by atoms with Crippen LogP contribution in [0.25, 0.3) is 11.5 Å². The van der Waals surface area contributed by atoms with Gasteiger partial charge in [-0.25, -0.2) is 4.98 Å². The molecule has 0 saturated heterocycles. The Morgan fingerprint density at radius 2 is 1.30 bits per heavy atom. The molecule has 0 saturated carbocycles. The van der Waals surface area contributed by atoms with Gasteiger partial charge in [-0.05, 0) is 19.9 Å². The maximum atomic E-state index is 12.7. The van der Waals surface area contributed by atoms with E-state index in [0.29, 0.717) is 0 Å². The minimum Gasteiger partial charge on any atom is -0.493 e. The first kappa shape index (κ1) is 20.5. The zero-order chi connectivity index (χ0) is 20.4. The summed E-state index contributed by atoms with van der Waals surface area (Å²) in [5.74, 6) is -1.96. The number of nitrogens with zero attached hydrogens (tertiary/aromatic N) is 4. The number of halogens is 6. The van der Waals surface area contributed by atoms with Crippen LogP contribution < -0.4 is 10.6 Å². The highest BCUT2D eigenvalue weighted by Crippen LogP contribution is 2.26. The van der Waals surface area contributed by atoms with Gasteiger partial charge in [0.05, 0.1) is 0 Å². The number of rotatable bonds is 5. The second-order valence-corrected chi connectivity index (χ2v) is 5.50. The van der Waals surface area contributed by atoms with E-state index in [1.165, 1.54) is 18.2 Å². The molecule has 27 heavy (non-hydrogen) atoms. The van der Waals surface area contributed by atoms with Gasteiger partial charge in [-0.3, -0.25) is 0 Å². The van der Waals surface area contributed by atoms with Crippen molar-refractivity contribution in [3.8, 4) is 17.4 Å². The van der Waals surface area contributed by atoms with Crippen LogP contribution >= 0.6 is 0 Å². The van der Waals surface area contributed by atoms with E-state index in [1.54, 1.807) is 0 Å². The first-order chi connectivity index (χ1) is 12.4. The summed E-state index contributed by atoms with van der Waals surface area (Å²) in [6, 6.07) is -0.238. The van der Waals surface area contributed by atoms with E-state index in [-0.39, 0.29) is 11.5 Å². The molecule has 0 fully saturated rings. The van der Waals surface area contributed by atoms with Gasteiger partial charge >= 0.3 is 12.4 Å². The number of hydrogen-bond acceptors (Lipinski definition) is 7. The average molecular weight is 396 g/mol. The van der Waals surface area contributed by atoms with Crippen molar-refractivity contribution < 1.29 is 31.4 Å². The van der Waals surface area contributed by atoms with Crippen LogP contribution in [-0.4, -0.2) is 49.5 Å². The van der Waals surface area contributed by atoms with Gasteiger partial charge in [0.25, 0.3) is 0 Å². The van der Waals surface area contributed by atoms with Crippen LogP contribution in [0.15, 0.2) is 18.2 Å². The summed E-state index contributed by atoms with van der Waals surface area (Å²) >= 11 is 0. The second kappa shape index (κ2) is 7.40. The lowest BCUT2D eigenvalue weighted by atomic mass is 10.3. The number of hydrogen-bond donors (Lipinski definition) is 3. The molecule has 0 unspecified atom stereocenters. The molecule has 0 aliphatic carbocycles. The second-order valence-electron chi connectivity index (χ2n) is 5.50. The van der Waals surface area contributed by atoms with Gasteiger partial charge in [-0.15, -0.1) is 0 Å². The Morgan fingerprint density at radius 1 is 0.815 bits per heavy atom. The van der Waals surface area contributed by atoms with Crippen LogP contribution in [0.4, 0.5) is 38.2 Å². The zero-order valence-corrected chi connectivity index (χ0v) is 13.9. The third-order valence-corrected chi connectivity index (χ3v) is 3.27. The van der Waals surface area contributed by atoms with Crippen molar-refractivity contribution in [3.63, 3.8) is 0 Å². The SMILES string of the molecule is C[C@@H](Nc1nc(N[C@H](C)C(F)(F)F)nc(-c2cccc(O)n2)n1)C(F)(F)F. The van der Waals surface area contributed by atoms with E-state index in [4.69, 9.17) is 0 Å². The minimum atomic E-state index is -4.64. The van der Waals surface area contributed by atoms with Crippen molar-refractivity contribution in [2.24, 2.45) is 0 Å². The molecule has 2 rings (SSSR count). The average Bonchev–Trinajstić information content (AvgIpc) is 2.52. The van der Waals surface area contributed by atoms with E-state index in [0.717, 1.165) is 13.8 Å². The van der Waals surface area contributed by atoms with Gasteiger partial charge in [-0.1, -0.05) is 6.07 Å². The number of aromatic nitrogens is 4. The molecule has 3 N–H and O–H groups in total. The Balaban J connectivity index is 2.44. The first-order valence-corrected chi connectivity index (χ1v) is 7.45. The molecule has 0 spiro atoms. The molecule has 148 valence electrons. The summed E-state index contributed by atoms with van der Waals surface area (Å²) in [5, 5.41) is 13.3. The molecule has 13 heteroatoms. The highest BCUT2D eigenvalue weighted by Gasteiger charge is 2.38. The molecule has 2 aromatic rings. The van der Waals surface area contributed by atoms with E-state index in [2.05, 4.69) is 19.9 Å². The number of anilines is 2. The zero-order valence-electron chi connectivity index (χ0n) is 13.9. The molecule has 0 radical (unpaired) electrons. The maximum Gasteiger partial charge on any atom is 0.408 e. The van der Waals surface area contributed by atoms with Crippen LogP contribution in [0.5, 0.6) is 5.88 Å². The Bertz CT molecular complexity index is 756. The Morgan fingerprint density at radius 3 is 1.70 bits per heavy atom. The summed E-state index contributed by atoms with van der Waals surface area (Å²) < 4.78 is 76.4. The molecule has 2 atom stereocenters. The van der Waals surface area contributed by atoms with E-state index < -0.39 is 42.2 Å². The molecule has 7 nitrogen and oxygen atoms in total. The van der Waals surface area contributed by atoms with Crippen molar-refractivity contribution in [2.75, 3.05) is 10.6 Å². The molecule has 2 heterocycles. The van der Waals surface area contributed by atoms with Gasteiger partial charge in [0.15, 0.2) is 5.82 Å². The van der Waals surface area contributed by atoms with Gasteiger partial charge in [-0.2, -0.15) is 41.3 Å². The van der Waals surface area contributed by atoms with Crippen LogP contribution in [0, 0.1) is 0 Å². The fourth-order valence-corrected chi connectivity index (χ4v) is 1.72. The first-order valence-electron chi connectivity index (χ1n) is 7.45. The summed E-state index contributed by atoms with van der Waals surface area (Å²) in [7, 11) is 0. The van der Waals surface area contributed by atoms with E-state index in [1.807, 2.05) is 10.6 Å². The summed E-state index contributed by atoms with van der Waals surface area (Å²) in [6.07, 6.45) is -9.27. The quantitative estimate of drug-likeness (QED) is 0.667. The third kappa shape index (κ3) is 5.56. The third-order valence-electron chi connectivity index (χ3n) is 3.27. The lowest BCUT2D eigenvalue weighted by Crippen LogP contribution is -2.35. The predicted molar refractivity (Wildman–Crippen MR) is 83.0 cm³/mol. The van der Waals surface area contributed by atoms with Gasteiger partial charge in [0.1, 0.15) is 17.8 Å². The normalized spacial score (nSPS) is 14.5. The maximum absolute atomic E-state index is 12.7. The number of pyridine rings is 1. The van der Waals surface area contributed by atoms with Crippen LogP contribution in [-0.2, 0) is 0 Å². The molecule has 0 bridgehead atoms. The summed E-state index contributed by atoms with van der Waals surface area (Å²) in [5.41, 5.74) is -0.0668. The standard InChI is InChI=1S/C14H14F6N6O/c1-6(13(15,16)17)21-11-24-10(8-4-3-5-9(27)23-8)25-12(26-11)22-7(2)14(18,19)20/h3-7H,1-2H3,(H,23,27)(H2,21,22,24,25,26)/t6-,7-/m1/s1. The Labute approximate surface area is 148 Å². The van der Waals surface area contributed by atoms with Crippen molar-refractivity contribution in [2.45, 2.75) is 38.3 Å². The Hall–Kier alpha value is -2.86. The fraction of sp³-hybridized carbons (Fsp3) is 0.429. The molecular formula is C14H14F6N6O. The lowest BCUT2D eigenvalue weighted by molar-refractivity contribution is -0.139.